The van der Waals surface area contributed by atoms with Crippen LogP contribution in [-0.2, 0) is 17.6 Å². The van der Waals surface area contributed by atoms with Crippen LogP contribution in [0, 0.1) is 0 Å². The molecule has 4 aromatic rings. The number of rotatable bonds is 5. The molecular formula is C26H25N5O3. The molecule has 1 amide bonds. The van der Waals surface area contributed by atoms with Crippen LogP contribution in [0.2, 0.25) is 0 Å². The second-order valence-electron chi connectivity index (χ2n) is 8.11. The van der Waals surface area contributed by atoms with Crippen LogP contribution in [0.15, 0.2) is 66.7 Å². The first-order valence-electron chi connectivity index (χ1n) is 11.1. The molecule has 1 aliphatic heterocycles. The fourth-order valence-electron chi connectivity index (χ4n) is 4.28. The van der Waals surface area contributed by atoms with E-state index in [1.807, 2.05) is 42.5 Å². The Morgan fingerprint density at radius 1 is 0.882 bits per heavy atom. The number of hydrogen-bond donors (Lipinski definition) is 0. The van der Waals surface area contributed by atoms with Crippen LogP contribution in [0.5, 0.6) is 11.5 Å². The van der Waals surface area contributed by atoms with Gasteiger partial charge in [0.1, 0.15) is 6.04 Å². The van der Waals surface area contributed by atoms with Gasteiger partial charge in [0, 0.05) is 5.56 Å². The smallest absolute Gasteiger partial charge is 0.258 e. The van der Waals surface area contributed by atoms with Gasteiger partial charge in [-0.05, 0) is 66.4 Å². The fourth-order valence-corrected chi connectivity index (χ4v) is 4.28. The highest BCUT2D eigenvalue weighted by Crippen LogP contribution is 2.37. The minimum absolute atomic E-state index is 0.127. The van der Waals surface area contributed by atoms with Gasteiger partial charge in [-0.2, -0.15) is 4.80 Å². The number of methoxy groups -OCH3 is 2. The highest BCUT2D eigenvalue weighted by molar-refractivity contribution is 6.04. The standard InChI is InChI=1S/C26H25N5O3/c1-17(31-28-25(27-29-31)20-14-15-23(33-2)24(16-20)34-3)26(32)30-21-10-6-4-8-18(21)12-13-19-9-5-7-11-22(19)30/h4-11,14-17H,12-13H2,1-3H3/t17-/m1/s1. The van der Waals surface area contributed by atoms with E-state index in [9.17, 15) is 4.79 Å². The number of ether oxygens (including phenoxy) is 2. The van der Waals surface area contributed by atoms with Gasteiger partial charge in [-0.15, -0.1) is 10.2 Å². The third-order valence-corrected chi connectivity index (χ3v) is 6.12. The number of benzene rings is 3. The van der Waals surface area contributed by atoms with Crippen molar-refractivity contribution in [3.05, 3.63) is 77.9 Å². The molecule has 8 nitrogen and oxygen atoms in total. The van der Waals surface area contributed by atoms with Crippen LogP contribution < -0.4 is 14.4 Å². The number of para-hydroxylation sites is 2. The molecule has 172 valence electrons. The van der Waals surface area contributed by atoms with Gasteiger partial charge in [0.15, 0.2) is 11.5 Å². The second kappa shape index (κ2) is 8.97. The SMILES string of the molecule is COc1ccc(-c2nnn([C@H](C)C(=O)N3c4ccccc4CCc4ccccc43)n2)cc1OC. The molecule has 0 bridgehead atoms. The number of aryl methyl sites for hydroxylation is 2. The Labute approximate surface area is 197 Å². The van der Waals surface area contributed by atoms with Gasteiger partial charge in [0.05, 0.1) is 25.6 Å². The molecule has 0 saturated heterocycles. The third kappa shape index (κ3) is 3.77. The lowest BCUT2D eigenvalue weighted by Gasteiger charge is -2.27. The van der Waals surface area contributed by atoms with Gasteiger partial charge in [-0.1, -0.05) is 36.4 Å². The summed E-state index contributed by atoms with van der Waals surface area (Å²) in [7, 11) is 3.15. The summed E-state index contributed by atoms with van der Waals surface area (Å²) in [5.74, 6) is 1.45. The highest BCUT2D eigenvalue weighted by atomic mass is 16.5. The average molecular weight is 456 g/mol. The molecular weight excluding hydrogens is 430 g/mol. The van der Waals surface area contributed by atoms with Crippen LogP contribution in [0.4, 0.5) is 11.4 Å². The average Bonchev–Trinajstić information content (AvgIpc) is 3.31. The zero-order valence-corrected chi connectivity index (χ0v) is 19.3. The van der Waals surface area contributed by atoms with Crippen LogP contribution in [0.1, 0.15) is 24.1 Å². The van der Waals surface area contributed by atoms with Crippen molar-refractivity contribution >= 4 is 17.3 Å². The number of carbonyl (C=O) groups is 1. The first-order valence-corrected chi connectivity index (χ1v) is 11.1. The zero-order valence-electron chi connectivity index (χ0n) is 19.3. The van der Waals surface area contributed by atoms with E-state index in [1.54, 1.807) is 38.2 Å². The topological polar surface area (TPSA) is 82.4 Å². The molecule has 1 aliphatic rings. The van der Waals surface area contributed by atoms with Crippen molar-refractivity contribution in [1.82, 2.24) is 20.2 Å². The molecule has 1 aromatic heterocycles. The quantitative estimate of drug-likeness (QED) is 0.444. The maximum atomic E-state index is 13.9. The van der Waals surface area contributed by atoms with Crippen molar-refractivity contribution in [3.63, 3.8) is 0 Å². The molecule has 1 atom stereocenters. The molecule has 5 rings (SSSR count). The Hall–Kier alpha value is -4.20. The Morgan fingerprint density at radius 2 is 1.50 bits per heavy atom. The van der Waals surface area contributed by atoms with Crippen LogP contribution in [0.25, 0.3) is 11.4 Å². The Bertz CT molecular complexity index is 1300. The minimum Gasteiger partial charge on any atom is -0.493 e. The van der Waals surface area contributed by atoms with E-state index in [0.29, 0.717) is 22.9 Å². The van der Waals surface area contributed by atoms with Crippen LogP contribution >= 0.6 is 0 Å². The molecule has 34 heavy (non-hydrogen) atoms. The Kier molecular flexibility index (Phi) is 5.71. The summed E-state index contributed by atoms with van der Waals surface area (Å²) in [6.45, 7) is 1.79. The van der Waals surface area contributed by atoms with Crippen molar-refractivity contribution in [1.29, 1.82) is 0 Å². The highest BCUT2D eigenvalue weighted by Gasteiger charge is 2.31. The number of hydrogen-bond acceptors (Lipinski definition) is 6. The molecule has 0 N–H and O–H groups in total. The van der Waals surface area contributed by atoms with E-state index in [-0.39, 0.29) is 5.91 Å². The minimum atomic E-state index is -0.666. The second-order valence-corrected chi connectivity index (χ2v) is 8.11. The van der Waals surface area contributed by atoms with Crippen LogP contribution in [0.3, 0.4) is 0 Å². The summed E-state index contributed by atoms with van der Waals surface area (Å²) in [6, 6.07) is 20.8. The fraction of sp³-hybridized carbons (Fsp3) is 0.231. The lowest BCUT2D eigenvalue weighted by atomic mass is 10.0. The maximum absolute atomic E-state index is 13.9. The lowest BCUT2D eigenvalue weighted by Crippen LogP contribution is -2.34. The monoisotopic (exact) mass is 455 g/mol. The van der Waals surface area contributed by atoms with Crippen LogP contribution in [-0.4, -0.2) is 40.3 Å². The van der Waals surface area contributed by atoms with E-state index in [2.05, 4.69) is 27.5 Å². The van der Waals surface area contributed by atoms with E-state index in [0.717, 1.165) is 35.3 Å². The molecule has 8 heteroatoms. The van der Waals surface area contributed by atoms with E-state index in [1.165, 1.54) is 4.80 Å². The summed E-state index contributed by atoms with van der Waals surface area (Å²) >= 11 is 0. The van der Waals surface area contributed by atoms with E-state index < -0.39 is 6.04 Å². The summed E-state index contributed by atoms with van der Waals surface area (Å²) < 4.78 is 10.7. The van der Waals surface area contributed by atoms with Crippen molar-refractivity contribution in [2.45, 2.75) is 25.8 Å². The Morgan fingerprint density at radius 3 is 2.12 bits per heavy atom. The lowest BCUT2D eigenvalue weighted by molar-refractivity contribution is -0.121. The molecule has 0 aliphatic carbocycles. The van der Waals surface area contributed by atoms with Crippen molar-refractivity contribution < 1.29 is 14.3 Å². The predicted octanol–water partition coefficient (Wildman–Crippen LogP) is 4.38. The molecule has 2 heterocycles. The number of fused-ring (bicyclic) bond motifs is 2. The van der Waals surface area contributed by atoms with Gasteiger partial charge >= 0.3 is 0 Å². The maximum Gasteiger partial charge on any atom is 0.258 e. The summed E-state index contributed by atoms with van der Waals surface area (Å²) in [6.07, 6.45) is 1.74. The number of amides is 1. The number of aromatic nitrogens is 4. The van der Waals surface area contributed by atoms with Gasteiger partial charge in [-0.3, -0.25) is 9.69 Å². The molecule has 3 aromatic carbocycles. The van der Waals surface area contributed by atoms with Gasteiger partial charge in [0.2, 0.25) is 5.82 Å². The largest absolute Gasteiger partial charge is 0.493 e. The van der Waals surface area contributed by atoms with E-state index in [4.69, 9.17) is 9.47 Å². The summed E-state index contributed by atoms with van der Waals surface area (Å²) in [5, 5.41) is 12.9. The predicted molar refractivity (Wildman–Crippen MR) is 129 cm³/mol. The number of carbonyl (C=O) groups excluding carboxylic acids is 1. The zero-order chi connectivity index (χ0) is 23.7. The molecule has 0 radical (unpaired) electrons. The van der Waals surface area contributed by atoms with E-state index >= 15 is 0 Å². The number of tetrazole rings is 1. The van der Waals surface area contributed by atoms with Crippen molar-refractivity contribution in [2.75, 3.05) is 19.1 Å². The number of nitrogens with zero attached hydrogens (tertiary/aromatic N) is 5. The third-order valence-electron chi connectivity index (χ3n) is 6.12. The first-order chi connectivity index (χ1) is 16.6. The van der Waals surface area contributed by atoms with Crippen molar-refractivity contribution in [3.8, 4) is 22.9 Å². The molecule has 0 saturated carbocycles. The summed E-state index contributed by atoms with van der Waals surface area (Å²) in [4.78, 5) is 17.0. The first kappa shape index (κ1) is 21.6. The molecule has 0 fully saturated rings. The molecule has 0 unspecified atom stereocenters. The van der Waals surface area contributed by atoms with Crippen molar-refractivity contribution in [2.24, 2.45) is 0 Å². The number of anilines is 2. The molecule has 0 spiro atoms. The van der Waals surface area contributed by atoms with Gasteiger partial charge in [-0.25, -0.2) is 0 Å². The summed E-state index contributed by atoms with van der Waals surface area (Å²) in [5.41, 5.74) is 4.77. The Balaban J connectivity index is 1.50. The van der Waals surface area contributed by atoms with Gasteiger partial charge < -0.3 is 9.47 Å². The normalized spacial score (nSPS) is 13.4. The van der Waals surface area contributed by atoms with Gasteiger partial charge in [0.25, 0.3) is 5.91 Å².